The van der Waals surface area contributed by atoms with E-state index in [0.29, 0.717) is 25.7 Å². The van der Waals surface area contributed by atoms with Gasteiger partial charge in [-0.05, 0) is 12.8 Å². The Labute approximate surface area is 94.4 Å². The number of hydrogen-bond donors (Lipinski definition) is 0. The fourth-order valence-corrected chi connectivity index (χ4v) is 1.07. The molecule has 1 unspecified atom stereocenters. The molecule has 0 fully saturated rings. The zero-order valence-corrected chi connectivity index (χ0v) is 9.70. The quantitative estimate of drug-likeness (QED) is 0.368. The smallest absolute Gasteiger partial charge is 0.292 e. The van der Waals surface area contributed by atoms with Crippen LogP contribution < -0.4 is 0 Å². The van der Waals surface area contributed by atoms with E-state index in [9.17, 15) is 14.9 Å². The minimum Gasteiger partial charge on any atom is -0.292 e. The van der Waals surface area contributed by atoms with Gasteiger partial charge in [0.15, 0.2) is 0 Å². The fourth-order valence-electron chi connectivity index (χ4n) is 1.07. The Bertz CT molecular complexity index is 173. The molecule has 0 heterocycles. The number of nitro groups is 1. The number of carbonyl (C=O) groups is 1. The molecule has 70 valence electrons. The zero-order valence-electron chi connectivity index (χ0n) is 8.28. The standard InChI is InChI=1S/C8H15NO3.Mg/c1-3-5-7(9(11)12)8(10)6-4-2;/h7H,3-6H2,1-2H3;/q;+2. The Morgan fingerprint density at radius 1 is 1.38 bits per heavy atom. The molecule has 0 aliphatic heterocycles. The Hall–Kier alpha value is -0.164. The van der Waals surface area contributed by atoms with Gasteiger partial charge in [0.25, 0.3) is 6.04 Å². The molecule has 0 aromatic carbocycles. The molecule has 0 aliphatic carbocycles. The Morgan fingerprint density at radius 2 is 1.92 bits per heavy atom. The monoisotopic (exact) mass is 197 g/mol. The first-order valence-corrected chi connectivity index (χ1v) is 4.29. The van der Waals surface area contributed by atoms with E-state index in [0.717, 1.165) is 0 Å². The van der Waals surface area contributed by atoms with Crippen molar-refractivity contribution in [3.05, 3.63) is 10.1 Å². The van der Waals surface area contributed by atoms with Gasteiger partial charge in [-0.25, -0.2) is 0 Å². The van der Waals surface area contributed by atoms with Gasteiger partial charge in [-0.2, -0.15) is 0 Å². The number of ketones is 1. The van der Waals surface area contributed by atoms with E-state index in [1.54, 1.807) is 0 Å². The van der Waals surface area contributed by atoms with Crippen molar-refractivity contribution in [3.63, 3.8) is 0 Å². The summed E-state index contributed by atoms with van der Waals surface area (Å²) in [7, 11) is 0. The summed E-state index contributed by atoms with van der Waals surface area (Å²) in [5, 5.41) is 10.4. The maximum Gasteiger partial charge on any atom is 2.00 e. The van der Waals surface area contributed by atoms with Gasteiger partial charge < -0.3 is 0 Å². The van der Waals surface area contributed by atoms with Crippen molar-refractivity contribution in [1.29, 1.82) is 0 Å². The zero-order chi connectivity index (χ0) is 9.56. The SMILES string of the molecule is CCCC(=O)C(CCC)[N+](=O)[O-].[Mg+2]. The maximum absolute atomic E-state index is 11.1. The van der Waals surface area contributed by atoms with E-state index in [1.807, 2.05) is 13.8 Å². The van der Waals surface area contributed by atoms with Gasteiger partial charge in [-0.1, -0.05) is 13.8 Å². The van der Waals surface area contributed by atoms with Crippen molar-refractivity contribution in [3.8, 4) is 0 Å². The van der Waals surface area contributed by atoms with Crippen molar-refractivity contribution in [2.75, 3.05) is 0 Å². The summed E-state index contributed by atoms with van der Waals surface area (Å²) >= 11 is 0. The van der Waals surface area contributed by atoms with Gasteiger partial charge in [0.05, 0.1) is 0 Å². The van der Waals surface area contributed by atoms with E-state index in [2.05, 4.69) is 0 Å². The van der Waals surface area contributed by atoms with Crippen molar-refractivity contribution in [1.82, 2.24) is 0 Å². The second-order valence-electron chi connectivity index (χ2n) is 2.81. The van der Waals surface area contributed by atoms with E-state index in [1.165, 1.54) is 0 Å². The summed E-state index contributed by atoms with van der Waals surface area (Å²) < 4.78 is 0. The molecule has 1 atom stereocenters. The molecule has 0 N–H and O–H groups in total. The molecule has 13 heavy (non-hydrogen) atoms. The normalized spacial score (nSPS) is 11.5. The molecule has 0 aromatic rings. The third-order valence-corrected chi connectivity index (χ3v) is 1.68. The van der Waals surface area contributed by atoms with Crippen molar-refractivity contribution < 1.29 is 9.72 Å². The first kappa shape index (κ1) is 15.3. The summed E-state index contributed by atoms with van der Waals surface area (Å²) in [4.78, 5) is 21.1. The molecule has 5 heteroatoms. The summed E-state index contributed by atoms with van der Waals surface area (Å²) in [6, 6.07) is -0.963. The minimum atomic E-state index is -0.963. The van der Waals surface area contributed by atoms with Crippen LogP contribution >= 0.6 is 0 Å². The Balaban J connectivity index is 0. The van der Waals surface area contributed by atoms with Crippen LogP contribution in [-0.2, 0) is 4.79 Å². The van der Waals surface area contributed by atoms with Crippen LogP contribution in [0.3, 0.4) is 0 Å². The number of hydrogen-bond acceptors (Lipinski definition) is 3. The van der Waals surface area contributed by atoms with Gasteiger partial charge in [-0.3, -0.25) is 14.9 Å². The van der Waals surface area contributed by atoms with E-state index in [-0.39, 0.29) is 28.8 Å². The summed E-state index contributed by atoms with van der Waals surface area (Å²) in [6.45, 7) is 3.69. The maximum atomic E-state index is 11.1. The largest absolute Gasteiger partial charge is 2.00 e. The molecule has 0 saturated heterocycles. The van der Waals surface area contributed by atoms with Crippen LogP contribution in [0, 0.1) is 10.1 Å². The predicted molar refractivity (Wildman–Crippen MR) is 51.4 cm³/mol. The molecular weight excluding hydrogens is 182 g/mol. The molecular formula is C8H15MgNO3+2. The van der Waals surface area contributed by atoms with Gasteiger partial charge >= 0.3 is 23.1 Å². The average Bonchev–Trinajstić information content (AvgIpc) is 1.99. The van der Waals surface area contributed by atoms with Crippen molar-refractivity contribution in [2.24, 2.45) is 0 Å². The number of rotatable bonds is 6. The van der Waals surface area contributed by atoms with Gasteiger partial charge in [0.1, 0.15) is 0 Å². The molecule has 0 bridgehead atoms. The molecule has 0 aliphatic rings. The van der Waals surface area contributed by atoms with Crippen LogP contribution in [0.15, 0.2) is 0 Å². The third kappa shape index (κ3) is 5.98. The summed E-state index contributed by atoms with van der Waals surface area (Å²) in [6.07, 6.45) is 2.06. The van der Waals surface area contributed by atoms with Gasteiger partial charge in [0.2, 0.25) is 5.78 Å². The number of nitrogens with zero attached hydrogens (tertiary/aromatic N) is 1. The first-order valence-electron chi connectivity index (χ1n) is 4.29. The Kier molecular flexibility index (Phi) is 9.94. The minimum absolute atomic E-state index is 0. The molecule has 4 nitrogen and oxygen atoms in total. The number of carbonyl (C=O) groups excluding carboxylic acids is 1. The second kappa shape index (κ2) is 8.44. The van der Waals surface area contributed by atoms with E-state index >= 15 is 0 Å². The first-order chi connectivity index (χ1) is 5.63. The molecule has 0 aromatic heterocycles. The van der Waals surface area contributed by atoms with Crippen LogP contribution in [0.2, 0.25) is 0 Å². The van der Waals surface area contributed by atoms with Crippen molar-refractivity contribution in [2.45, 2.75) is 45.6 Å². The van der Waals surface area contributed by atoms with E-state index < -0.39 is 11.0 Å². The van der Waals surface area contributed by atoms with E-state index in [4.69, 9.17) is 0 Å². The molecule has 0 radical (unpaired) electrons. The molecule has 0 rings (SSSR count). The third-order valence-electron chi connectivity index (χ3n) is 1.68. The van der Waals surface area contributed by atoms with Crippen molar-refractivity contribution >= 4 is 28.8 Å². The van der Waals surface area contributed by atoms with Gasteiger partial charge in [-0.15, -0.1) is 0 Å². The average molecular weight is 198 g/mol. The topological polar surface area (TPSA) is 60.2 Å². The molecule has 0 spiro atoms. The number of Topliss-reactive ketones (excluding diaryl/α,β-unsaturated/α-hetero) is 1. The Morgan fingerprint density at radius 3 is 2.23 bits per heavy atom. The molecule has 0 saturated carbocycles. The van der Waals surface area contributed by atoms with Crippen LogP contribution in [0.5, 0.6) is 0 Å². The molecule has 0 amide bonds. The van der Waals surface area contributed by atoms with Gasteiger partial charge in [0, 0.05) is 17.8 Å². The van der Waals surface area contributed by atoms with Crippen LogP contribution in [-0.4, -0.2) is 39.8 Å². The summed E-state index contributed by atoms with van der Waals surface area (Å²) in [5.41, 5.74) is 0. The second-order valence-corrected chi connectivity index (χ2v) is 2.81. The van der Waals surface area contributed by atoms with Crippen LogP contribution in [0.25, 0.3) is 0 Å². The summed E-state index contributed by atoms with van der Waals surface area (Å²) in [5.74, 6) is -0.232. The predicted octanol–water partition coefficient (Wildman–Crippen LogP) is 1.42. The van der Waals surface area contributed by atoms with Crippen LogP contribution in [0.1, 0.15) is 39.5 Å². The van der Waals surface area contributed by atoms with Crippen LogP contribution in [0.4, 0.5) is 0 Å². The fraction of sp³-hybridized carbons (Fsp3) is 0.875.